The summed E-state index contributed by atoms with van der Waals surface area (Å²) in [4.78, 5) is 48.9. The lowest BCUT2D eigenvalue weighted by atomic mass is 10.1. The fourth-order valence-corrected chi connectivity index (χ4v) is 3.54. The largest absolute Gasteiger partial charge is 0.333 e. The molecule has 8 nitrogen and oxygen atoms in total. The second-order valence-corrected chi connectivity index (χ2v) is 7.32. The minimum atomic E-state index is -4.49. The van der Waals surface area contributed by atoms with Crippen LogP contribution in [0.5, 0.6) is 0 Å². The first-order chi connectivity index (χ1) is 11.3. The molecule has 0 spiro atoms. The number of aromatic nitrogens is 3. The molecule has 1 aliphatic rings. The zero-order valence-electron chi connectivity index (χ0n) is 12.3. The van der Waals surface area contributed by atoms with Crippen LogP contribution in [0.4, 0.5) is 0 Å². The number of H-pyrrole nitrogens is 1. The van der Waals surface area contributed by atoms with Gasteiger partial charge in [0.2, 0.25) is 5.65 Å². The fraction of sp³-hybridized carbons (Fsp3) is 0.133. The molecule has 1 aromatic carbocycles. The fourth-order valence-electron chi connectivity index (χ4n) is 3.01. The number of imidazole rings is 1. The third kappa shape index (κ3) is 2.32. The van der Waals surface area contributed by atoms with Gasteiger partial charge in [-0.25, -0.2) is 4.98 Å². The van der Waals surface area contributed by atoms with E-state index >= 15 is 0 Å². The average molecular weight is 345 g/mol. The van der Waals surface area contributed by atoms with Crippen LogP contribution in [0, 0.1) is 0 Å². The van der Waals surface area contributed by atoms with E-state index in [0.717, 1.165) is 16.8 Å². The molecule has 0 saturated heterocycles. The number of carbonyl (C=O) groups is 1. The molecule has 0 aliphatic heterocycles. The van der Waals surface area contributed by atoms with Gasteiger partial charge < -0.3 is 14.8 Å². The van der Waals surface area contributed by atoms with Crippen LogP contribution in [0.25, 0.3) is 16.9 Å². The zero-order chi connectivity index (χ0) is 17.1. The number of carbonyl (C=O) groups excluding carboxylic acids is 1. The van der Waals surface area contributed by atoms with Gasteiger partial charge in [-0.15, -0.1) is 0 Å². The molecule has 2 aromatic heterocycles. The highest BCUT2D eigenvalue weighted by molar-refractivity contribution is 7.52. The zero-order valence-corrected chi connectivity index (χ0v) is 13.2. The van der Waals surface area contributed by atoms with Gasteiger partial charge in [-0.2, -0.15) is 0 Å². The maximum Gasteiger partial charge on any atom is 0.333 e. The molecule has 24 heavy (non-hydrogen) atoms. The molecule has 0 unspecified atom stereocenters. The van der Waals surface area contributed by atoms with Gasteiger partial charge in [-0.05, 0) is 5.56 Å². The molecule has 3 aromatic rings. The number of Topliss-reactive ketones (excluding diaryl/α,β-unsaturated/α-hetero) is 1. The monoisotopic (exact) mass is 345 g/mol. The number of fused-ring (bicyclic) bond motifs is 5. The first-order valence-corrected chi connectivity index (χ1v) is 8.93. The number of nitrogens with one attached hydrogen (secondary N) is 1. The van der Waals surface area contributed by atoms with E-state index in [-0.39, 0.29) is 11.3 Å². The quantitative estimate of drug-likeness (QED) is 0.375. The maximum atomic E-state index is 12.3. The van der Waals surface area contributed by atoms with Crippen LogP contribution in [0.3, 0.4) is 0 Å². The van der Waals surface area contributed by atoms with Crippen molar-refractivity contribution in [2.75, 3.05) is 6.16 Å². The Balaban J connectivity index is 1.89. The van der Waals surface area contributed by atoms with Crippen LogP contribution >= 0.6 is 7.60 Å². The first-order valence-electron chi connectivity index (χ1n) is 7.14. The van der Waals surface area contributed by atoms with Crippen molar-refractivity contribution in [3.63, 3.8) is 0 Å². The molecule has 9 heteroatoms. The van der Waals surface area contributed by atoms with Crippen LogP contribution in [0.15, 0.2) is 35.3 Å². The summed E-state index contributed by atoms with van der Waals surface area (Å²) in [6.07, 6.45) is 1.01. The summed E-state index contributed by atoms with van der Waals surface area (Å²) in [6, 6.07) is 7.64. The van der Waals surface area contributed by atoms with E-state index in [1.54, 1.807) is 0 Å². The number of aromatic amines is 1. The molecule has 0 radical (unpaired) electrons. The molecule has 0 amide bonds. The number of ketones is 1. The molecule has 3 N–H and O–H groups in total. The van der Waals surface area contributed by atoms with Gasteiger partial charge in [0, 0.05) is 18.2 Å². The lowest BCUT2D eigenvalue weighted by Crippen LogP contribution is -2.13. The Morgan fingerprint density at radius 3 is 2.83 bits per heavy atom. The highest BCUT2D eigenvalue weighted by Crippen LogP contribution is 2.36. The van der Waals surface area contributed by atoms with Gasteiger partial charge in [-0.1, -0.05) is 24.3 Å². The lowest BCUT2D eigenvalue weighted by molar-refractivity contribution is 0.101. The second-order valence-electron chi connectivity index (χ2n) is 5.68. The lowest BCUT2D eigenvalue weighted by Gasteiger charge is -2.03. The van der Waals surface area contributed by atoms with Gasteiger partial charge in [0.05, 0.1) is 11.4 Å². The Morgan fingerprint density at radius 1 is 1.33 bits per heavy atom. The van der Waals surface area contributed by atoms with Crippen molar-refractivity contribution in [2.24, 2.45) is 0 Å². The van der Waals surface area contributed by atoms with Crippen molar-refractivity contribution in [2.45, 2.75) is 6.42 Å². The number of rotatable bonds is 3. The van der Waals surface area contributed by atoms with Gasteiger partial charge in [0.1, 0.15) is 11.9 Å². The number of benzene rings is 1. The summed E-state index contributed by atoms with van der Waals surface area (Å²) in [5.41, 5.74) is 2.88. The molecular formula is C15H12N3O5P. The Bertz CT molecular complexity index is 1110. The highest BCUT2D eigenvalue weighted by atomic mass is 31.2. The summed E-state index contributed by atoms with van der Waals surface area (Å²) in [6.45, 7) is 0. The van der Waals surface area contributed by atoms with Crippen LogP contribution in [-0.2, 0) is 11.0 Å². The first kappa shape index (κ1) is 15.0. The van der Waals surface area contributed by atoms with E-state index in [0.29, 0.717) is 12.1 Å². The Morgan fingerprint density at radius 2 is 2.08 bits per heavy atom. The average Bonchev–Trinajstić information content (AvgIpc) is 3.08. The predicted octanol–water partition coefficient (Wildman–Crippen LogP) is 0.954. The second kappa shape index (κ2) is 4.98. The SMILES string of the molecule is O=C(CP(=O)(O)O)c1cn2c3c([nH]c(=O)c2n1)-c1ccccc1C3. The van der Waals surface area contributed by atoms with Gasteiger partial charge >= 0.3 is 7.60 Å². The molecule has 0 saturated carbocycles. The third-order valence-corrected chi connectivity index (χ3v) is 4.71. The summed E-state index contributed by atoms with van der Waals surface area (Å²) in [5, 5.41) is 0. The van der Waals surface area contributed by atoms with Crippen LogP contribution in [0.2, 0.25) is 0 Å². The van der Waals surface area contributed by atoms with E-state index in [2.05, 4.69) is 9.97 Å². The Labute approximate surface area is 135 Å². The van der Waals surface area contributed by atoms with E-state index in [4.69, 9.17) is 9.79 Å². The topological polar surface area (TPSA) is 125 Å². The van der Waals surface area contributed by atoms with Crippen molar-refractivity contribution in [3.05, 3.63) is 57.8 Å². The van der Waals surface area contributed by atoms with Crippen molar-refractivity contribution >= 4 is 19.0 Å². The van der Waals surface area contributed by atoms with E-state index in [1.807, 2.05) is 24.3 Å². The van der Waals surface area contributed by atoms with Crippen molar-refractivity contribution < 1.29 is 19.1 Å². The van der Waals surface area contributed by atoms with E-state index < -0.39 is 25.1 Å². The van der Waals surface area contributed by atoms with Crippen LogP contribution in [0.1, 0.15) is 21.7 Å². The summed E-state index contributed by atoms with van der Waals surface area (Å²) in [7, 11) is -4.49. The third-order valence-electron chi connectivity index (χ3n) is 4.01. The van der Waals surface area contributed by atoms with Crippen molar-refractivity contribution in [3.8, 4) is 11.3 Å². The standard InChI is InChI=1S/C15H12N3O5P/c19-12(7-24(21,22)23)10-6-18-11-5-8-3-1-2-4-9(8)13(11)17-15(20)14(18)16-10/h1-4,6H,5,7H2,(H,17,20)(H2,21,22,23). The van der Waals surface area contributed by atoms with E-state index in [1.165, 1.54) is 10.6 Å². The normalized spacial score (nSPS) is 13.1. The predicted molar refractivity (Wildman–Crippen MR) is 85.3 cm³/mol. The molecule has 0 atom stereocenters. The minimum absolute atomic E-state index is 0.0376. The number of hydrogen-bond donors (Lipinski definition) is 3. The van der Waals surface area contributed by atoms with Gasteiger partial charge in [-0.3, -0.25) is 18.6 Å². The molecular weight excluding hydrogens is 333 g/mol. The highest BCUT2D eigenvalue weighted by Gasteiger charge is 2.26. The van der Waals surface area contributed by atoms with Gasteiger partial charge in [0.15, 0.2) is 5.78 Å². The minimum Gasteiger partial charge on any atom is -0.324 e. The molecule has 0 bridgehead atoms. The molecule has 0 fully saturated rings. The van der Waals surface area contributed by atoms with Gasteiger partial charge in [0.25, 0.3) is 5.56 Å². The summed E-state index contributed by atoms with van der Waals surface area (Å²) in [5.74, 6) is -0.796. The molecule has 4 rings (SSSR count). The molecule has 2 heterocycles. The number of nitrogens with zero attached hydrogens (tertiary/aromatic N) is 2. The smallest absolute Gasteiger partial charge is 0.324 e. The van der Waals surface area contributed by atoms with Crippen LogP contribution in [-0.4, -0.2) is 36.1 Å². The van der Waals surface area contributed by atoms with Crippen molar-refractivity contribution in [1.29, 1.82) is 0 Å². The summed E-state index contributed by atoms with van der Waals surface area (Å²) < 4.78 is 12.5. The Hall–Kier alpha value is -2.54. The molecule has 1 aliphatic carbocycles. The molecule has 122 valence electrons. The number of hydrogen-bond acceptors (Lipinski definition) is 4. The Kier molecular flexibility index (Phi) is 3.11. The van der Waals surface area contributed by atoms with E-state index in [9.17, 15) is 14.2 Å². The van der Waals surface area contributed by atoms with Crippen molar-refractivity contribution in [1.82, 2.24) is 14.4 Å². The summed E-state index contributed by atoms with van der Waals surface area (Å²) >= 11 is 0. The van der Waals surface area contributed by atoms with Crippen LogP contribution < -0.4 is 5.56 Å². The maximum absolute atomic E-state index is 12.3.